The summed E-state index contributed by atoms with van der Waals surface area (Å²) in [6.07, 6.45) is 1.26. The summed E-state index contributed by atoms with van der Waals surface area (Å²) in [5, 5.41) is 3.59. The van der Waals surface area contributed by atoms with Crippen molar-refractivity contribution in [3.8, 4) is 0 Å². The van der Waals surface area contributed by atoms with Gasteiger partial charge in [0.1, 0.15) is 7.59 Å². The minimum atomic E-state index is -1.68. The molecule has 0 fully saturated rings. The average molecular weight is 345 g/mol. The summed E-state index contributed by atoms with van der Waals surface area (Å²) in [7, 11) is -1.88. The van der Waals surface area contributed by atoms with E-state index in [1.807, 2.05) is 0 Å². The predicted molar refractivity (Wildman–Crippen MR) is 109 cm³/mol. The van der Waals surface area contributed by atoms with E-state index >= 15 is 0 Å². The van der Waals surface area contributed by atoms with Crippen LogP contribution in [-0.4, -0.2) is 22.4 Å². The second kappa shape index (κ2) is 7.67. The van der Waals surface area contributed by atoms with Crippen LogP contribution in [-0.2, 0) is 0 Å². The highest BCUT2D eigenvalue weighted by Gasteiger charge is 2.46. The van der Waals surface area contributed by atoms with Gasteiger partial charge in [-0.1, -0.05) is 97.9 Å². The largest absolute Gasteiger partial charge is 0.179 e. The molecule has 118 valence electrons. The molecule has 2 aromatic carbocycles. The molecule has 2 aromatic rings. The molecule has 0 N–H and O–H groups in total. The van der Waals surface area contributed by atoms with Crippen molar-refractivity contribution in [2.24, 2.45) is 0 Å². The van der Waals surface area contributed by atoms with Crippen LogP contribution in [0.3, 0.4) is 0 Å². The molecule has 0 spiro atoms. The minimum absolute atomic E-state index is 0.203. The Morgan fingerprint density at radius 2 is 1.32 bits per heavy atom. The van der Waals surface area contributed by atoms with Gasteiger partial charge in [-0.15, -0.1) is 0 Å². The highest BCUT2D eigenvalue weighted by molar-refractivity contribution is 7.80. The van der Waals surface area contributed by atoms with Crippen molar-refractivity contribution < 1.29 is 0 Å². The van der Waals surface area contributed by atoms with E-state index < -0.39 is 7.59 Å². The van der Waals surface area contributed by atoms with Crippen molar-refractivity contribution in [3.05, 3.63) is 60.7 Å². The standard InChI is InChI=1S/C19H28SSi2/c1-19(2,3)22(21-16-10-15-20,17-11-6-4-7-12-17)18-13-8-5-9-14-18/h4-9,11-14,20H,10,15-16,21H2,1-3H3. The van der Waals surface area contributed by atoms with Crippen LogP contribution in [0, 0.1) is 0 Å². The predicted octanol–water partition coefficient (Wildman–Crippen LogP) is 3.45. The molecule has 2 rings (SSSR count). The first-order chi connectivity index (χ1) is 10.5. The van der Waals surface area contributed by atoms with Crippen molar-refractivity contribution in [1.29, 1.82) is 0 Å². The van der Waals surface area contributed by atoms with Crippen molar-refractivity contribution in [2.45, 2.75) is 38.3 Å². The van der Waals surface area contributed by atoms with E-state index in [1.165, 1.54) is 12.5 Å². The highest BCUT2D eigenvalue weighted by atomic mass is 32.1. The van der Waals surface area contributed by atoms with Gasteiger partial charge in [-0.05, 0) is 17.2 Å². The fourth-order valence-electron chi connectivity index (χ4n) is 3.64. The number of benzene rings is 2. The number of thiol groups is 1. The number of rotatable bonds is 6. The Balaban J connectivity index is 2.59. The Kier molecular flexibility index (Phi) is 6.12. The molecule has 0 nitrogen and oxygen atoms in total. The molecule has 0 radical (unpaired) electrons. The lowest BCUT2D eigenvalue weighted by Crippen LogP contribution is -2.68. The number of hydrogen-bond donors (Lipinski definition) is 1. The third kappa shape index (κ3) is 3.58. The minimum Gasteiger partial charge on any atom is -0.179 e. The molecule has 0 saturated carbocycles. The molecular weight excluding hydrogens is 316 g/mol. The normalized spacial score (nSPS) is 12.9. The first-order valence-corrected chi connectivity index (χ1v) is 14.2. The molecule has 0 aliphatic heterocycles. The molecule has 0 heterocycles. The Morgan fingerprint density at radius 3 is 1.68 bits per heavy atom. The van der Waals surface area contributed by atoms with Crippen LogP contribution >= 0.6 is 12.6 Å². The fraction of sp³-hybridized carbons (Fsp3) is 0.368. The zero-order valence-electron chi connectivity index (χ0n) is 14.0. The molecule has 0 aromatic heterocycles. The van der Waals surface area contributed by atoms with Gasteiger partial charge in [0.25, 0.3) is 0 Å². The van der Waals surface area contributed by atoms with Crippen LogP contribution in [0.15, 0.2) is 60.7 Å². The monoisotopic (exact) mass is 344 g/mol. The van der Waals surface area contributed by atoms with Crippen molar-refractivity contribution >= 4 is 39.6 Å². The summed E-state index contributed by atoms with van der Waals surface area (Å²) in [5.41, 5.74) is 0. The van der Waals surface area contributed by atoms with Crippen LogP contribution in [0.5, 0.6) is 0 Å². The zero-order valence-corrected chi connectivity index (χ0v) is 17.4. The van der Waals surface area contributed by atoms with Crippen molar-refractivity contribution in [1.82, 2.24) is 0 Å². The molecule has 22 heavy (non-hydrogen) atoms. The van der Waals surface area contributed by atoms with Crippen LogP contribution in [0.2, 0.25) is 11.1 Å². The van der Waals surface area contributed by atoms with E-state index in [9.17, 15) is 0 Å². The summed E-state index contributed by atoms with van der Waals surface area (Å²) < 4.78 is 0. The summed E-state index contributed by atoms with van der Waals surface area (Å²) >= 11 is 4.44. The molecule has 0 unspecified atom stereocenters. The first kappa shape index (κ1) is 17.6. The second-order valence-corrected chi connectivity index (χ2v) is 17.9. The van der Waals surface area contributed by atoms with Gasteiger partial charge in [0, 0.05) is 9.04 Å². The van der Waals surface area contributed by atoms with Gasteiger partial charge < -0.3 is 0 Å². The first-order valence-electron chi connectivity index (χ1n) is 8.24. The summed E-state index contributed by atoms with van der Waals surface area (Å²) in [6, 6.07) is 24.1. The van der Waals surface area contributed by atoms with Gasteiger partial charge in [-0.2, -0.15) is 12.6 Å². The maximum absolute atomic E-state index is 4.44. The summed E-state index contributed by atoms with van der Waals surface area (Å²) in [6.45, 7) is 7.40. The lowest BCUT2D eigenvalue weighted by molar-refractivity contribution is 0.743. The van der Waals surface area contributed by atoms with E-state index in [2.05, 4.69) is 94.1 Å². The van der Waals surface area contributed by atoms with Crippen LogP contribution in [0.1, 0.15) is 27.2 Å². The van der Waals surface area contributed by atoms with Gasteiger partial charge in [-0.3, -0.25) is 0 Å². The highest BCUT2D eigenvalue weighted by Crippen LogP contribution is 2.35. The summed E-state index contributed by atoms with van der Waals surface area (Å²) in [5.74, 6) is 1.02. The van der Waals surface area contributed by atoms with Gasteiger partial charge in [0.05, 0.1) is 0 Å². The molecule has 0 bridgehead atoms. The van der Waals surface area contributed by atoms with Crippen molar-refractivity contribution in [2.75, 3.05) is 5.75 Å². The lowest BCUT2D eigenvalue weighted by atomic mass is 10.2. The fourth-order valence-corrected chi connectivity index (χ4v) is 18.0. The van der Waals surface area contributed by atoms with E-state index in [0.717, 1.165) is 5.75 Å². The Bertz CT molecular complexity index is 521. The van der Waals surface area contributed by atoms with Crippen LogP contribution in [0.4, 0.5) is 0 Å². The maximum Gasteiger partial charge on any atom is 0.108 e. The third-order valence-corrected chi connectivity index (χ3v) is 20.8. The molecule has 0 amide bonds. The smallest absolute Gasteiger partial charge is 0.108 e. The molecular formula is C19H28SSi2. The Labute approximate surface area is 144 Å². The average Bonchev–Trinajstić information content (AvgIpc) is 2.52. The van der Waals surface area contributed by atoms with Crippen molar-refractivity contribution in [3.63, 3.8) is 0 Å². The van der Waals surface area contributed by atoms with Crippen LogP contribution in [0.25, 0.3) is 0 Å². The van der Waals surface area contributed by atoms with E-state index in [-0.39, 0.29) is 9.04 Å². The maximum atomic E-state index is 4.44. The molecule has 0 saturated heterocycles. The molecule has 3 heteroatoms. The van der Waals surface area contributed by atoms with Crippen LogP contribution < -0.4 is 10.4 Å². The van der Waals surface area contributed by atoms with E-state index in [4.69, 9.17) is 0 Å². The van der Waals surface area contributed by atoms with E-state index in [1.54, 1.807) is 10.4 Å². The Hall–Kier alpha value is -0.776. The SMILES string of the molecule is CC(C)(C)[Si]([SiH2]CCCS)(c1ccccc1)c1ccccc1. The third-order valence-electron chi connectivity index (χ3n) is 4.77. The summed E-state index contributed by atoms with van der Waals surface area (Å²) in [4.78, 5) is 0. The topological polar surface area (TPSA) is 0 Å². The molecule has 0 atom stereocenters. The van der Waals surface area contributed by atoms with Gasteiger partial charge in [0.2, 0.25) is 0 Å². The quantitative estimate of drug-likeness (QED) is 0.463. The molecule has 0 aliphatic carbocycles. The van der Waals surface area contributed by atoms with Gasteiger partial charge >= 0.3 is 0 Å². The number of hydrogen-bond acceptors (Lipinski definition) is 1. The van der Waals surface area contributed by atoms with Gasteiger partial charge in [0.15, 0.2) is 0 Å². The zero-order chi connectivity index (χ0) is 16.1. The molecule has 0 aliphatic rings. The van der Waals surface area contributed by atoms with Gasteiger partial charge in [-0.25, -0.2) is 0 Å². The Morgan fingerprint density at radius 1 is 0.864 bits per heavy atom. The second-order valence-electron chi connectivity index (χ2n) is 7.07. The van der Waals surface area contributed by atoms with E-state index in [0.29, 0.717) is 5.04 Å². The lowest BCUT2D eigenvalue weighted by Gasteiger charge is -2.44.